The van der Waals surface area contributed by atoms with Gasteiger partial charge in [-0.05, 0) is 51.4 Å². The Balaban J connectivity index is 4.07. The first-order valence-corrected chi connectivity index (χ1v) is 31.2. The molecule has 0 rings (SSSR count). The molecular formula is C64H120NO8+. The lowest BCUT2D eigenvalue weighted by atomic mass is 10.0. The van der Waals surface area contributed by atoms with Crippen molar-refractivity contribution < 1.29 is 42.9 Å². The number of ether oxygens (including phenoxy) is 4. The maximum atomic E-state index is 12.9. The van der Waals surface area contributed by atoms with E-state index in [1.165, 1.54) is 218 Å². The summed E-state index contributed by atoms with van der Waals surface area (Å²) in [7, 11) is 5.98. The molecule has 0 aromatic heterocycles. The molecule has 0 radical (unpaired) electrons. The molecule has 0 spiro atoms. The number of carbonyl (C=O) groups is 3. The van der Waals surface area contributed by atoms with Crippen LogP contribution in [0.3, 0.4) is 0 Å². The summed E-state index contributed by atoms with van der Waals surface area (Å²) < 4.78 is 22.9. The molecule has 0 aliphatic carbocycles. The second-order valence-electron chi connectivity index (χ2n) is 22.4. The normalized spacial score (nSPS) is 12.9. The maximum Gasteiger partial charge on any atom is 0.361 e. The van der Waals surface area contributed by atoms with E-state index in [2.05, 4.69) is 50.3 Å². The van der Waals surface area contributed by atoms with Crippen LogP contribution in [0.2, 0.25) is 0 Å². The Morgan fingerprint density at radius 1 is 0.411 bits per heavy atom. The first-order valence-electron chi connectivity index (χ1n) is 31.2. The van der Waals surface area contributed by atoms with Crippen molar-refractivity contribution in [2.75, 3.05) is 47.5 Å². The van der Waals surface area contributed by atoms with Gasteiger partial charge in [0, 0.05) is 12.8 Å². The fourth-order valence-corrected chi connectivity index (χ4v) is 9.08. The van der Waals surface area contributed by atoms with E-state index in [1.54, 1.807) is 0 Å². The molecule has 0 aromatic carbocycles. The van der Waals surface area contributed by atoms with Gasteiger partial charge in [0.25, 0.3) is 6.29 Å². The van der Waals surface area contributed by atoms with Crippen LogP contribution >= 0.6 is 0 Å². The number of nitrogens with zero attached hydrogens (tertiary/aromatic N) is 1. The van der Waals surface area contributed by atoms with E-state index in [-0.39, 0.29) is 38.2 Å². The van der Waals surface area contributed by atoms with Crippen LogP contribution in [-0.4, -0.2) is 87.4 Å². The van der Waals surface area contributed by atoms with Crippen molar-refractivity contribution in [3.05, 3.63) is 36.5 Å². The molecule has 0 saturated heterocycles. The van der Waals surface area contributed by atoms with Crippen LogP contribution in [0.5, 0.6) is 0 Å². The monoisotopic (exact) mass is 1030 g/mol. The Bertz CT molecular complexity index is 1290. The number of rotatable bonds is 58. The molecule has 1 N–H and O–H groups in total. The number of hydrogen-bond donors (Lipinski definition) is 1. The third-order valence-corrected chi connectivity index (χ3v) is 13.9. The number of unbranched alkanes of at least 4 members (excludes halogenated alkanes) is 37. The standard InChI is InChI=1S/C64H119NO8/c1-6-8-10-12-14-16-18-20-22-23-24-25-26-27-28-29-30-31-32-33-34-35-36-37-38-39-41-43-45-47-49-51-53-55-62(67)73-60(59-72-64(63(68)69)70-57-56-65(3,4)5)58-71-61(66)54-52-50-48-46-44-42-40-21-19-17-15-13-11-9-7-2/h18,20,23-24,26-27,60,64H,6-17,19,21-22,25,28-59H2,1-5H3/p+1/b20-18-,24-23-,27-26-. The van der Waals surface area contributed by atoms with Crippen LogP contribution in [0, 0.1) is 0 Å². The summed E-state index contributed by atoms with van der Waals surface area (Å²) in [5, 5.41) is 9.70. The van der Waals surface area contributed by atoms with Gasteiger partial charge in [0.15, 0.2) is 6.10 Å². The number of allylic oxidation sites excluding steroid dienone is 6. The average molecular weight is 1030 g/mol. The van der Waals surface area contributed by atoms with Crippen LogP contribution < -0.4 is 0 Å². The van der Waals surface area contributed by atoms with Crippen molar-refractivity contribution in [1.82, 2.24) is 0 Å². The highest BCUT2D eigenvalue weighted by molar-refractivity contribution is 5.71. The molecule has 2 atom stereocenters. The van der Waals surface area contributed by atoms with Gasteiger partial charge in [0.05, 0.1) is 34.4 Å². The first-order chi connectivity index (χ1) is 35.6. The minimum Gasteiger partial charge on any atom is -0.477 e. The van der Waals surface area contributed by atoms with Gasteiger partial charge in [-0.15, -0.1) is 0 Å². The molecular weight excluding hydrogens is 911 g/mol. The fraction of sp³-hybridized carbons (Fsp3) is 0.859. The molecule has 0 amide bonds. The van der Waals surface area contributed by atoms with Crippen molar-refractivity contribution in [3.63, 3.8) is 0 Å². The maximum absolute atomic E-state index is 12.9. The number of esters is 2. The molecule has 2 unspecified atom stereocenters. The Hall–Kier alpha value is -2.49. The fourth-order valence-electron chi connectivity index (χ4n) is 9.08. The van der Waals surface area contributed by atoms with E-state index >= 15 is 0 Å². The van der Waals surface area contributed by atoms with Gasteiger partial charge < -0.3 is 28.5 Å². The van der Waals surface area contributed by atoms with E-state index < -0.39 is 18.4 Å². The summed E-state index contributed by atoms with van der Waals surface area (Å²) in [4.78, 5) is 37.4. The zero-order valence-corrected chi connectivity index (χ0v) is 48.8. The third kappa shape index (κ3) is 57.1. The highest BCUT2D eigenvalue weighted by Gasteiger charge is 2.25. The molecule has 73 heavy (non-hydrogen) atoms. The van der Waals surface area contributed by atoms with E-state index in [1.807, 2.05) is 21.1 Å². The zero-order chi connectivity index (χ0) is 53.4. The van der Waals surface area contributed by atoms with Crippen LogP contribution in [0.15, 0.2) is 36.5 Å². The third-order valence-electron chi connectivity index (χ3n) is 13.9. The van der Waals surface area contributed by atoms with Gasteiger partial charge in [0.2, 0.25) is 0 Å². The summed E-state index contributed by atoms with van der Waals surface area (Å²) in [5.74, 6) is -1.98. The molecule has 0 saturated carbocycles. The van der Waals surface area contributed by atoms with Gasteiger partial charge >= 0.3 is 17.9 Å². The smallest absolute Gasteiger partial charge is 0.361 e. The van der Waals surface area contributed by atoms with Crippen molar-refractivity contribution in [3.8, 4) is 0 Å². The molecule has 0 fully saturated rings. The Morgan fingerprint density at radius 3 is 1.10 bits per heavy atom. The molecule has 428 valence electrons. The topological polar surface area (TPSA) is 108 Å². The van der Waals surface area contributed by atoms with Gasteiger partial charge in [-0.1, -0.05) is 269 Å². The zero-order valence-electron chi connectivity index (χ0n) is 48.8. The number of likely N-dealkylation sites (N-methyl/N-ethyl adjacent to an activating group) is 1. The highest BCUT2D eigenvalue weighted by Crippen LogP contribution is 2.17. The second-order valence-corrected chi connectivity index (χ2v) is 22.4. The number of carboxylic acids is 1. The Morgan fingerprint density at radius 2 is 0.740 bits per heavy atom. The van der Waals surface area contributed by atoms with Crippen molar-refractivity contribution >= 4 is 17.9 Å². The van der Waals surface area contributed by atoms with Crippen molar-refractivity contribution in [2.24, 2.45) is 0 Å². The molecule has 0 aliphatic rings. The van der Waals surface area contributed by atoms with Crippen LogP contribution in [-0.2, 0) is 33.3 Å². The summed E-state index contributed by atoms with van der Waals surface area (Å²) >= 11 is 0. The Labute approximate surface area is 451 Å². The summed E-state index contributed by atoms with van der Waals surface area (Å²) in [6, 6.07) is 0. The average Bonchev–Trinajstić information content (AvgIpc) is 3.36. The SMILES string of the molecule is CCCCCCC/C=C\C/C=C\C/C=C\CCCCCCCCCCCCCCCCCCCCC(=O)OC(COC(=O)CCCCCCCCCCCCCCCCC)COC(OCC[N+](C)(C)C)C(=O)O. The van der Waals surface area contributed by atoms with Gasteiger partial charge in [-0.3, -0.25) is 9.59 Å². The van der Waals surface area contributed by atoms with Crippen molar-refractivity contribution in [1.29, 1.82) is 0 Å². The van der Waals surface area contributed by atoms with Crippen LogP contribution in [0.25, 0.3) is 0 Å². The number of hydrogen-bond acceptors (Lipinski definition) is 7. The predicted octanol–water partition coefficient (Wildman–Crippen LogP) is 18.5. The lowest BCUT2D eigenvalue weighted by molar-refractivity contribution is -0.870. The number of quaternary nitrogens is 1. The molecule has 9 heteroatoms. The second kappa shape index (κ2) is 55.7. The summed E-state index contributed by atoms with van der Waals surface area (Å²) in [6.45, 7) is 4.91. The highest BCUT2D eigenvalue weighted by atomic mass is 16.7. The minimum absolute atomic E-state index is 0.176. The number of aliphatic carboxylic acids is 1. The largest absolute Gasteiger partial charge is 0.477 e. The first kappa shape index (κ1) is 70.5. The lowest BCUT2D eigenvalue weighted by Gasteiger charge is -2.25. The summed E-state index contributed by atoms with van der Waals surface area (Å²) in [6.07, 6.45) is 65.2. The molecule has 0 aliphatic heterocycles. The van der Waals surface area contributed by atoms with Crippen molar-refractivity contribution in [2.45, 2.75) is 309 Å². The minimum atomic E-state index is -1.51. The van der Waals surface area contributed by atoms with E-state index in [0.29, 0.717) is 17.4 Å². The van der Waals surface area contributed by atoms with Crippen LogP contribution in [0.4, 0.5) is 0 Å². The van der Waals surface area contributed by atoms with Gasteiger partial charge in [0.1, 0.15) is 13.2 Å². The lowest BCUT2D eigenvalue weighted by Crippen LogP contribution is -2.40. The quantitative estimate of drug-likeness (QED) is 0.0211. The van der Waals surface area contributed by atoms with E-state index in [9.17, 15) is 19.5 Å². The number of carboxylic acid groups (broad SMARTS) is 1. The van der Waals surface area contributed by atoms with E-state index in [0.717, 1.165) is 51.4 Å². The Kier molecular flexibility index (Phi) is 53.8. The molecule has 0 bridgehead atoms. The van der Waals surface area contributed by atoms with Gasteiger partial charge in [-0.2, -0.15) is 0 Å². The predicted molar refractivity (Wildman–Crippen MR) is 309 cm³/mol. The van der Waals surface area contributed by atoms with Gasteiger partial charge in [-0.25, -0.2) is 4.79 Å². The molecule has 0 heterocycles. The van der Waals surface area contributed by atoms with Crippen LogP contribution in [0.1, 0.15) is 296 Å². The summed E-state index contributed by atoms with van der Waals surface area (Å²) in [5.41, 5.74) is 0. The molecule has 9 nitrogen and oxygen atoms in total. The number of carbonyl (C=O) groups excluding carboxylic acids is 2. The van der Waals surface area contributed by atoms with E-state index in [4.69, 9.17) is 18.9 Å². The molecule has 0 aromatic rings.